The van der Waals surface area contributed by atoms with Crippen LogP contribution in [0, 0.1) is 6.92 Å². The van der Waals surface area contributed by atoms with Crippen molar-refractivity contribution in [2.45, 2.75) is 43.6 Å². The molecular weight excluding hydrogens is 230 g/mol. The fourth-order valence-electron chi connectivity index (χ4n) is 2.15. The summed E-state index contributed by atoms with van der Waals surface area (Å²) in [5.41, 5.74) is 8.01. The Morgan fingerprint density at radius 1 is 1.47 bits per heavy atom. The van der Waals surface area contributed by atoms with E-state index in [1.807, 2.05) is 23.9 Å². The van der Waals surface area contributed by atoms with Gasteiger partial charge in [0.15, 0.2) is 0 Å². The normalized spacial score (nSPS) is 19.7. The molecule has 1 unspecified atom stereocenters. The topological polar surface area (TPSA) is 35.2 Å². The van der Waals surface area contributed by atoms with Crippen LogP contribution in [0.1, 0.15) is 31.2 Å². The summed E-state index contributed by atoms with van der Waals surface area (Å²) < 4.78 is 5.62. The Labute approximate surface area is 108 Å². The van der Waals surface area contributed by atoms with Gasteiger partial charge in [0.25, 0.3) is 0 Å². The van der Waals surface area contributed by atoms with E-state index in [1.54, 1.807) is 0 Å². The second-order valence-corrected chi connectivity index (χ2v) is 5.73. The molecule has 0 amide bonds. The molecule has 1 aromatic rings. The first-order chi connectivity index (χ1) is 8.27. The lowest BCUT2D eigenvalue weighted by molar-refractivity contribution is 0.104. The lowest BCUT2D eigenvalue weighted by Gasteiger charge is -2.10. The largest absolute Gasteiger partial charge is 0.398 e. The minimum Gasteiger partial charge on any atom is -0.398 e. The number of rotatable bonds is 5. The van der Waals surface area contributed by atoms with Crippen molar-refractivity contribution in [3.63, 3.8) is 0 Å². The van der Waals surface area contributed by atoms with Gasteiger partial charge >= 0.3 is 0 Å². The molecule has 1 aliphatic heterocycles. The van der Waals surface area contributed by atoms with E-state index >= 15 is 0 Å². The highest BCUT2D eigenvalue weighted by Crippen LogP contribution is 2.27. The average Bonchev–Trinajstić information content (AvgIpc) is 2.83. The maximum atomic E-state index is 5.89. The first kappa shape index (κ1) is 12.8. The van der Waals surface area contributed by atoms with Crippen LogP contribution in [0.15, 0.2) is 23.1 Å². The minimum absolute atomic E-state index is 0.525. The number of benzene rings is 1. The molecule has 0 radical (unpaired) electrons. The lowest BCUT2D eigenvalue weighted by Crippen LogP contribution is -2.04. The first-order valence-electron chi connectivity index (χ1n) is 6.37. The van der Waals surface area contributed by atoms with Gasteiger partial charge < -0.3 is 10.5 Å². The Morgan fingerprint density at radius 2 is 2.35 bits per heavy atom. The summed E-state index contributed by atoms with van der Waals surface area (Å²) >= 11 is 1.91. The Hall–Kier alpha value is -0.670. The monoisotopic (exact) mass is 251 g/mol. The third-order valence-electron chi connectivity index (χ3n) is 3.28. The Bertz CT molecular complexity index is 361. The van der Waals surface area contributed by atoms with Crippen molar-refractivity contribution in [1.29, 1.82) is 0 Å². The van der Waals surface area contributed by atoms with E-state index in [4.69, 9.17) is 10.5 Å². The van der Waals surface area contributed by atoms with Crippen LogP contribution in [-0.2, 0) is 4.74 Å². The second kappa shape index (κ2) is 6.31. The summed E-state index contributed by atoms with van der Waals surface area (Å²) in [5.74, 6) is 1.16. The summed E-state index contributed by atoms with van der Waals surface area (Å²) in [6, 6.07) is 6.15. The van der Waals surface area contributed by atoms with Crippen LogP contribution < -0.4 is 5.73 Å². The zero-order valence-electron chi connectivity index (χ0n) is 10.4. The fraction of sp³-hybridized carbons (Fsp3) is 0.571. The highest BCUT2D eigenvalue weighted by Gasteiger charge is 2.14. The molecule has 2 N–H and O–H groups in total. The summed E-state index contributed by atoms with van der Waals surface area (Å²) in [6.45, 7) is 3.06. The van der Waals surface area contributed by atoms with E-state index in [1.165, 1.54) is 36.1 Å². The van der Waals surface area contributed by atoms with Crippen molar-refractivity contribution in [1.82, 2.24) is 0 Å². The summed E-state index contributed by atoms with van der Waals surface area (Å²) in [4.78, 5) is 1.32. The van der Waals surface area contributed by atoms with E-state index in [-0.39, 0.29) is 0 Å². The van der Waals surface area contributed by atoms with Gasteiger partial charge in [0.1, 0.15) is 0 Å². The van der Waals surface area contributed by atoms with Crippen LogP contribution in [0.2, 0.25) is 0 Å². The van der Waals surface area contributed by atoms with Crippen LogP contribution in [0.5, 0.6) is 0 Å². The van der Waals surface area contributed by atoms with Gasteiger partial charge in [0.05, 0.1) is 6.10 Å². The molecule has 2 rings (SSSR count). The van der Waals surface area contributed by atoms with E-state index < -0.39 is 0 Å². The number of nitrogens with two attached hydrogens (primary N) is 1. The fourth-order valence-corrected chi connectivity index (χ4v) is 3.19. The maximum absolute atomic E-state index is 5.89. The summed E-state index contributed by atoms with van der Waals surface area (Å²) in [7, 11) is 0. The molecule has 1 saturated heterocycles. The van der Waals surface area contributed by atoms with E-state index in [9.17, 15) is 0 Å². The smallest absolute Gasteiger partial charge is 0.0576 e. The number of nitrogen functional groups attached to an aromatic ring is 1. The van der Waals surface area contributed by atoms with Gasteiger partial charge in [-0.05, 0) is 56.1 Å². The average molecular weight is 251 g/mol. The predicted molar refractivity (Wildman–Crippen MR) is 74.5 cm³/mol. The quantitative estimate of drug-likeness (QED) is 0.493. The molecule has 2 nitrogen and oxygen atoms in total. The number of hydrogen-bond donors (Lipinski definition) is 1. The molecule has 17 heavy (non-hydrogen) atoms. The van der Waals surface area contributed by atoms with E-state index in [0.29, 0.717) is 6.10 Å². The van der Waals surface area contributed by atoms with Crippen LogP contribution in [0.25, 0.3) is 0 Å². The highest BCUT2D eigenvalue weighted by atomic mass is 32.2. The van der Waals surface area contributed by atoms with Gasteiger partial charge in [0, 0.05) is 17.2 Å². The number of thioether (sulfide) groups is 1. The lowest BCUT2D eigenvalue weighted by atomic mass is 10.1. The summed E-state index contributed by atoms with van der Waals surface area (Å²) in [5, 5.41) is 0. The molecule has 1 fully saturated rings. The second-order valence-electron chi connectivity index (χ2n) is 4.60. The Morgan fingerprint density at radius 3 is 3.12 bits per heavy atom. The van der Waals surface area contributed by atoms with Crippen molar-refractivity contribution in [2.75, 3.05) is 18.1 Å². The van der Waals surface area contributed by atoms with Crippen molar-refractivity contribution >= 4 is 17.4 Å². The van der Waals surface area contributed by atoms with Gasteiger partial charge in [-0.3, -0.25) is 0 Å². The van der Waals surface area contributed by atoms with Gasteiger partial charge in [-0.15, -0.1) is 11.8 Å². The molecule has 0 aromatic heterocycles. The minimum atomic E-state index is 0.525. The van der Waals surface area contributed by atoms with Gasteiger partial charge in [0.2, 0.25) is 0 Å². The third kappa shape index (κ3) is 3.65. The first-order valence-corrected chi connectivity index (χ1v) is 7.35. The molecular formula is C14H21NOS. The van der Waals surface area contributed by atoms with Gasteiger partial charge in [-0.1, -0.05) is 6.07 Å². The van der Waals surface area contributed by atoms with Crippen LogP contribution in [0.3, 0.4) is 0 Å². The highest BCUT2D eigenvalue weighted by molar-refractivity contribution is 7.99. The molecule has 1 heterocycles. The number of anilines is 1. The van der Waals surface area contributed by atoms with Crippen molar-refractivity contribution in [3.8, 4) is 0 Å². The zero-order chi connectivity index (χ0) is 12.1. The number of hydrogen-bond acceptors (Lipinski definition) is 3. The Balaban J connectivity index is 1.72. The SMILES string of the molecule is Cc1c(N)cccc1SCCCC1CCCO1. The van der Waals surface area contributed by atoms with Crippen LogP contribution >= 0.6 is 11.8 Å². The van der Waals surface area contributed by atoms with Crippen molar-refractivity contribution in [2.24, 2.45) is 0 Å². The van der Waals surface area contributed by atoms with E-state index in [0.717, 1.165) is 18.0 Å². The molecule has 1 atom stereocenters. The number of ether oxygens (including phenoxy) is 1. The predicted octanol–water partition coefficient (Wildman–Crippen LogP) is 3.63. The molecule has 0 aliphatic carbocycles. The molecule has 3 heteroatoms. The van der Waals surface area contributed by atoms with Crippen LogP contribution in [0.4, 0.5) is 5.69 Å². The van der Waals surface area contributed by atoms with E-state index in [2.05, 4.69) is 13.0 Å². The standard InChI is InChI=1S/C14H21NOS/c1-11-13(15)7-2-8-14(11)17-10-4-6-12-5-3-9-16-12/h2,7-8,12H,3-6,9-10,15H2,1H3. The van der Waals surface area contributed by atoms with Gasteiger partial charge in [-0.2, -0.15) is 0 Å². The molecule has 1 aromatic carbocycles. The zero-order valence-corrected chi connectivity index (χ0v) is 11.3. The molecule has 94 valence electrons. The molecule has 0 spiro atoms. The van der Waals surface area contributed by atoms with Crippen LogP contribution in [-0.4, -0.2) is 18.5 Å². The Kier molecular flexibility index (Phi) is 4.75. The van der Waals surface area contributed by atoms with Crippen molar-refractivity contribution in [3.05, 3.63) is 23.8 Å². The summed E-state index contributed by atoms with van der Waals surface area (Å²) in [6.07, 6.45) is 5.45. The molecule has 1 aliphatic rings. The van der Waals surface area contributed by atoms with Crippen molar-refractivity contribution < 1.29 is 4.74 Å². The molecule has 0 saturated carbocycles. The molecule has 0 bridgehead atoms. The maximum Gasteiger partial charge on any atom is 0.0576 e. The third-order valence-corrected chi connectivity index (χ3v) is 4.52. The van der Waals surface area contributed by atoms with Gasteiger partial charge in [-0.25, -0.2) is 0 Å².